The van der Waals surface area contributed by atoms with Gasteiger partial charge >= 0.3 is 0 Å². The normalized spacial score (nSPS) is 35.8. The van der Waals surface area contributed by atoms with Crippen molar-refractivity contribution in [2.24, 2.45) is 23.2 Å². The SMILES string of the molecule is OC(C1CC1)(C1CC1)C1(C2CC2)CC1. The predicted molar refractivity (Wildman–Crippen MR) is 54.8 cm³/mol. The van der Waals surface area contributed by atoms with Crippen molar-refractivity contribution >= 4 is 0 Å². The fraction of sp³-hybridized carbons (Fsp3) is 1.00. The van der Waals surface area contributed by atoms with Crippen molar-refractivity contribution in [2.45, 2.75) is 57.0 Å². The van der Waals surface area contributed by atoms with Crippen LogP contribution in [0.3, 0.4) is 0 Å². The van der Waals surface area contributed by atoms with Gasteiger partial charge < -0.3 is 5.11 Å². The third-order valence-electron chi connectivity index (χ3n) is 5.34. The molecule has 0 radical (unpaired) electrons. The molecule has 0 bridgehead atoms. The van der Waals surface area contributed by atoms with E-state index in [-0.39, 0.29) is 5.60 Å². The van der Waals surface area contributed by atoms with E-state index in [0.29, 0.717) is 17.3 Å². The van der Waals surface area contributed by atoms with Crippen LogP contribution in [0.2, 0.25) is 0 Å². The van der Waals surface area contributed by atoms with Crippen molar-refractivity contribution in [3.8, 4) is 0 Å². The molecule has 1 nitrogen and oxygen atoms in total. The van der Waals surface area contributed by atoms with E-state index >= 15 is 0 Å². The Morgan fingerprint density at radius 3 is 1.64 bits per heavy atom. The lowest BCUT2D eigenvalue weighted by Crippen LogP contribution is -2.45. The van der Waals surface area contributed by atoms with Gasteiger partial charge in [0.05, 0.1) is 5.60 Å². The van der Waals surface area contributed by atoms with Crippen LogP contribution < -0.4 is 0 Å². The minimum absolute atomic E-state index is 0.186. The van der Waals surface area contributed by atoms with Crippen molar-refractivity contribution in [1.82, 2.24) is 0 Å². The topological polar surface area (TPSA) is 20.2 Å². The Balaban J connectivity index is 1.70. The van der Waals surface area contributed by atoms with E-state index in [1.807, 2.05) is 0 Å². The van der Waals surface area contributed by atoms with Crippen LogP contribution >= 0.6 is 0 Å². The molecule has 14 heavy (non-hydrogen) atoms. The highest BCUT2D eigenvalue weighted by atomic mass is 16.3. The number of aliphatic hydroxyl groups is 1. The molecule has 4 aliphatic carbocycles. The second-order valence-electron chi connectivity index (χ2n) is 6.30. The quantitative estimate of drug-likeness (QED) is 0.726. The van der Waals surface area contributed by atoms with Crippen LogP contribution in [-0.2, 0) is 0 Å². The largest absolute Gasteiger partial charge is 0.389 e. The second-order valence-corrected chi connectivity index (χ2v) is 6.30. The van der Waals surface area contributed by atoms with E-state index in [1.54, 1.807) is 0 Å². The van der Waals surface area contributed by atoms with Crippen LogP contribution in [0.25, 0.3) is 0 Å². The van der Waals surface area contributed by atoms with E-state index in [2.05, 4.69) is 0 Å². The van der Waals surface area contributed by atoms with Gasteiger partial charge in [0.1, 0.15) is 0 Å². The first-order chi connectivity index (χ1) is 6.77. The van der Waals surface area contributed by atoms with Crippen LogP contribution in [0.1, 0.15) is 51.4 Å². The van der Waals surface area contributed by atoms with Gasteiger partial charge in [0.2, 0.25) is 0 Å². The van der Waals surface area contributed by atoms with Gasteiger partial charge in [-0.25, -0.2) is 0 Å². The summed E-state index contributed by atoms with van der Waals surface area (Å²) in [6, 6.07) is 0. The molecule has 0 unspecified atom stereocenters. The second kappa shape index (κ2) is 2.21. The summed E-state index contributed by atoms with van der Waals surface area (Å²) in [6.07, 6.45) is 10.8. The first kappa shape index (κ1) is 8.15. The highest BCUT2D eigenvalue weighted by molar-refractivity contribution is 5.22. The molecular formula is C13H20O. The Morgan fingerprint density at radius 1 is 0.857 bits per heavy atom. The maximum absolute atomic E-state index is 11.1. The van der Waals surface area contributed by atoms with Gasteiger partial charge in [-0.3, -0.25) is 0 Å². The van der Waals surface area contributed by atoms with Gasteiger partial charge in [0.15, 0.2) is 0 Å². The van der Waals surface area contributed by atoms with Crippen LogP contribution in [0.4, 0.5) is 0 Å². The summed E-state index contributed by atoms with van der Waals surface area (Å²) >= 11 is 0. The molecular weight excluding hydrogens is 172 g/mol. The highest BCUT2D eigenvalue weighted by Crippen LogP contribution is 2.74. The molecule has 4 rings (SSSR count). The summed E-state index contributed by atoms with van der Waals surface area (Å²) < 4.78 is 0. The summed E-state index contributed by atoms with van der Waals surface area (Å²) in [5.74, 6) is 2.34. The third kappa shape index (κ3) is 0.856. The molecule has 1 N–H and O–H groups in total. The van der Waals surface area contributed by atoms with Gasteiger partial charge in [0.25, 0.3) is 0 Å². The summed E-state index contributed by atoms with van der Waals surface area (Å²) in [7, 11) is 0. The van der Waals surface area contributed by atoms with Crippen LogP contribution in [0.5, 0.6) is 0 Å². The summed E-state index contributed by atoms with van der Waals surface area (Å²) in [6.45, 7) is 0. The molecule has 0 aromatic heterocycles. The van der Waals surface area contributed by atoms with Crippen molar-refractivity contribution in [1.29, 1.82) is 0 Å². The predicted octanol–water partition coefficient (Wildman–Crippen LogP) is 2.73. The van der Waals surface area contributed by atoms with Crippen LogP contribution in [0.15, 0.2) is 0 Å². The Kier molecular flexibility index (Phi) is 1.29. The third-order valence-corrected chi connectivity index (χ3v) is 5.34. The average Bonchev–Trinajstić information content (AvgIpc) is 3.14. The van der Waals surface area contributed by atoms with Gasteiger partial charge in [0, 0.05) is 5.41 Å². The maximum Gasteiger partial charge on any atom is 0.0762 e. The van der Waals surface area contributed by atoms with Crippen molar-refractivity contribution in [2.75, 3.05) is 0 Å². The Bertz CT molecular complexity index is 255. The lowest BCUT2D eigenvalue weighted by molar-refractivity contribution is -0.0821. The lowest BCUT2D eigenvalue weighted by atomic mass is 9.73. The number of hydrogen-bond donors (Lipinski definition) is 1. The monoisotopic (exact) mass is 192 g/mol. The molecule has 0 atom stereocenters. The first-order valence-electron chi connectivity index (χ1n) is 6.50. The summed E-state index contributed by atoms with van der Waals surface area (Å²) in [5.41, 5.74) is 0.253. The number of rotatable bonds is 4. The molecule has 78 valence electrons. The molecule has 0 heterocycles. The molecule has 4 fully saturated rings. The molecule has 0 saturated heterocycles. The summed E-state index contributed by atoms with van der Waals surface area (Å²) in [5, 5.41) is 11.1. The van der Waals surface area contributed by atoms with Gasteiger partial charge in [-0.15, -0.1) is 0 Å². The van der Waals surface area contributed by atoms with Crippen molar-refractivity contribution in [3.63, 3.8) is 0 Å². The molecule has 4 saturated carbocycles. The smallest absolute Gasteiger partial charge is 0.0762 e. The standard InChI is InChI=1S/C13H20O/c14-13(10-3-4-10,11-5-6-11)12(7-8-12)9-1-2-9/h9-11,14H,1-8H2. The Labute approximate surface area is 85.9 Å². The van der Waals surface area contributed by atoms with Gasteiger partial charge in [-0.05, 0) is 69.1 Å². The van der Waals surface area contributed by atoms with Crippen molar-refractivity contribution < 1.29 is 5.11 Å². The van der Waals surface area contributed by atoms with E-state index < -0.39 is 0 Å². The molecule has 1 heteroatoms. The summed E-state index contributed by atoms with van der Waals surface area (Å²) in [4.78, 5) is 0. The van der Waals surface area contributed by atoms with E-state index in [1.165, 1.54) is 51.4 Å². The highest BCUT2D eigenvalue weighted by Gasteiger charge is 2.72. The molecule has 0 aromatic rings. The Hall–Kier alpha value is -0.0400. The van der Waals surface area contributed by atoms with E-state index in [9.17, 15) is 5.11 Å². The zero-order valence-electron chi connectivity index (χ0n) is 8.84. The average molecular weight is 192 g/mol. The molecule has 0 spiro atoms. The number of hydrogen-bond acceptors (Lipinski definition) is 1. The fourth-order valence-electron chi connectivity index (χ4n) is 4.10. The Morgan fingerprint density at radius 2 is 1.36 bits per heavy atom. The minimum Gasteiger partial charge on any atom is -0.389 e. The van der Waals surface area contributed by atoms with Gasteiger partial charge in [-0.2, -0.15) is 0 Å². The van der Waals surface area contributed by atoms with E-state index in [4.69, 9.17) is 0 Å². The molecule has 0 aliphatic heterocycles. The first-order valence-corrected chi connectivity index (χ1v) is 6.50. The van der Waals surface area contributed by atoms with E-state index in [0.717, 1.165) is 5.92 Å². The molecule has 0 aromatic carbocycles. The van der Waals surface area contributed by atoms with Crippen molar-refractivity contribution in [3.05, 3.63) is 0 Å². The minimum atomic E-state index is -0.186. The fourth-order valence-corrected chi connectivity index (χ4v) is 4.10. The van der Waals surface area contributed by atoms with Crippen LogP contribution in [-0.4, -0.2) is 10.7 Å². The molecule has 4 aliphatic rings. The zero-order valence-corrected chi connectivity index (χ0v) is 8.84. The maximum atomic E-state index is 11.1. The zero-order chi connectivity index (χ0) is 9.39. The van der Waals surface area contributed by atoms with Crippen LogP contribution in [0, 0.1) is 23.2 Å². The van der Waals surface area contributed by atoms with Gasteiger partial charge in [-0.1, -0.05) is 0 Å². The lowest BCUT2D eigenvalue weighted by Gasteiger charge is -2.38. The molecule has 0 amide bonds.